The summed E-state index contributed by atoms with van der Waals surface area (Å²) in [6, 6.07) is 0. The quantitative estimate of drug-likeness (QED) is 0.641. The number of thiophene rings is 1. The van der Waals surface area contributed by atoms with Crippen LogP contribution in [0.15, 0.2) is 9.95 Å². The molecule has 0 amide bonds. The van der Waals surface area contributed by atoms with Crippen LogP contribution in [0.4, 0.5) is 0 Å². The van der Waals surface area contributed by atoms with Gasteiger partial charge >= 0.3 is 0 Å². The summed E-state index contributed by atoms with van der Waals surface area (Å²) in [5, 5.41) is 1.64. The number of thioether (sulfide) groups is 1. The Morgan fingerprint density at radius 2 is 2.32 bits per heavy atom. The average molecular weight is 296 g/mol. The van der Waals surface area contributed by atoms with Crippen molar-refractivity contribution < 1.29 is 4.74 Å². The summed E-state index contributed by atoms with van der Waals surface area (Å²) in [4.78, 5) is 19.6. The Kier molecular flexibility index (Phi) is 3.64. The molecule has 0 radical (unpaired) electrons. The van der Waals surface area contributed by atoms with Gasteiger partial charge in [-0.1, -0.05) is 11.8 Å². The highest BCUT2D eigenvalue weighted by Gasteiger charge is 2.22. The highest BCUT2D eigenvalue weighted by molar-refractivity contribution is 7.98. The highest BCUT2D eigenvalue weighted by Crippen LogP contribution is 2.35. The van der Waals surface area contributed by atoms with E-state index in [1.54, 1.807) is 23.0 Å². The molecule has 1 aliphatic carbocycles. The van der Waals surface area contributed by atoms with Gasteiger partial charge in [0.2, 0.25) is 0 Å². The minimum Gasteiger partial charge on any atom is -0.383 e. The Balaban J connectivity index is 2.23. The summed E-state index contributed by atoms with van der Waals surface area (Å²) in [6.45, 7) is 1.10. The summed E-state index contributed by atoms with van der Waals surface area (Å²) in [6.07, 6.45) is 5.24. The van der Waals surface area contributed by atoms with E-state index in [9.17, 15) is 4.79 Å². The molecule has 19 heavy (non-hydrogen) atoms. The van der Waals surface area contributed by atoms with Gasteiger partial charge in [-0.3, -0.25) is 9.36 Å². The number of nitrogens with zero attached hydrogens (tertiary/aromatic N) is 2. The number of fused-ring (bicyclic) bond motifs is 3. The zero-order valence-electron chi connectivity index (χ0n) is 11.1. The monoisotopic (exact) mass is 296 g/mol. The van der Waals surface area contributed by atoms with Gasteiger partial charge in [-0.25, -0.2) is 4.98 Å². The fourth-order valence-electron chi connectivity index (χ4n) is 2.59. The molecule has 0 saturated heterocycles. The Morgan fingerprint density at radius 3 is 3.05 bits per heavy atom. The molecule has 2 heterocycles. The number of hydrogen-bond acceptors (Lipinski definition) is 5. The van der Waals surface area contributed by atoms with Crippen molar-refractivity contribution in [3.05, 3.63) is 20.8 Å². The van der Waals surface area contributed by atoms with Crippen LogP contribution in [0.1, 0.15) is 16.9 Å². The van der Waals surface area contributed by atoms with Crippen LogP contribution < -0.4 is 5.56 Å². The van der Waals surface area contributed by atoms with Crippen molar-refractivity contribution in [1.82, 2.24) is 9.55 Å². The van der Waals surface area contributed by atoms with Gasteiger partial charge in [0.1, 0.15) is 4.83 Å². The Morgan fingerprint density at radius 1 is 1.47 bits per heavy atom. The van der Waals surface area contributed by atoms with Crippen LogP contribution in [0.3, 0.4) is 0 Å². The molecule has 3 rings (SSSR count). The molecule has 0 atom stereocenters. The SMILES string of the molecule is COCCn1c(SC)nc2sc3c(c2c1=O)CCC3. The molecule has 0 spiro atoms. The molecule has 0 aliphatic heterocycles. The minimum absolute atomic E-state index is 0.103. The van der Waals surface area contributed by atoms with Crippen LogP contribution in [0.2, 0.25) is 0 Å². The largest absolute Gasteiger partial charge is 0.383 e. The zero-order chi connectivity index (χ0) is 13.4. The second-order valence-electron chi connectivity index (χ2n) is 4.59. The smallest absolute Gasteiger partial charge is 0.263 e. The number of ether oxygens (including phenoxy) is 1. The number of aryl methyl sites for hydroxylation is 2. The first-order valence-electron chi connectivity index (χ1n) is 6.34. The van der Waals surface area contributed by atoms with E-state index in [0.29, 0.717) is 13.2 Å². The molecule has 0 fully saturated rings. The van der Waals surface area contributed by atoms with Crippen molar-refractivity contribution in [1.29, 1.82) is 0 Å². The van der Waals surface area contributed by atoms with Gasteiger partial charge in [0, 0.05) is 12.0 Å². The normalized spacial score (nSPS) is 14.2. The molecule has 2 aromatic heterocycles. The molecule has 1 aliphatic rings. The maximum atomic E-state index is 12.7. The third-order valence-corrected chi connectivity index (χ3v) is 5.35. The topological polar surface area (TPSA) is 44.1 Å². The second-order valence-corrected chi connectivity index (χ2v) is 6.44. The van der Waals surface area contributed by atoms with Crippen LogP contribution in [0, 0.1) is 0 Å². The Bertz CT molecular complexity index is 675. The summed E-state index contributed by atoms with van der Waals surface area (Å²) in [5.74, 6) is 0. The van der Waals surface area contributed by atoms with E-state index in [1.807, 2.05) is 6.26 Å². The molecule has 6 heteroatoms. The minimum atomic E-state index is 0.103. The Labute approximate surface area is 119 Å². The lowest BCUT2D eigenvalue weighted by atomic mass is 10.2. The molecule has 0 N–H and O–H groups in total. The second kappa shape index (κ2) is 5.26. The number of methoxy groups -OCH3 is 1. The van der Waals surface area contributed by atoms with E-state index in [0.717, 1.165) is 28.2 Å². The summed E-state index contributed by atoms with van der Waals surface area (Å²) < 4.78 is 6.84. The van der Waals surface area contributed by atoms with Gasteiger partial charge in [0.25, 0.3) is 5.56 Å². The number of rotatable bonds is 4. The van der Waals surface area contributed by atoms with Crippen LogP contribution >= 0.6 is 23.1 Å². The molecular weight excluding hydrogens is 280 g/mol. The lowest BCUT2D eigenvalue weighted by Gasteiger charge is -2.10. The van der Waals surface area contributed by atoms with E-state index in [-0.39, 0.29) is 5.56 Å². The standard InChI is InChI=1S/C13H16N2O2S2/c1-17-7-6-15-12(16)10-8-4-3-5-9(8)19-11(10)14-13(15)18-2/h3-7H2,1-2H3. The van der Waals surface area contributed by atoms with Gasteiger partial charge in [0.15, 0.2) is 5.16 Å². The summed E-state index contributed by atoms with van der Waals surface area (Å²) in [5.41, 5.74) is 1.35. The molecule has 0 aromatic carbocycles. The molecular formula is C13H16N2O2S2. The molecule has 0 unspecified atom stereocenters. The maximum absolute atomic E-state index is 12.7. The van der Waals surface area contributed by atoms with E-state index >= 15 is 0 Å². The van der Waals surface area contributed by atoms with Crippen molar-refractivity contribution in [3.63, 3.8) is 0 Å². The van der Waals surface area contributed by atoms with Crippen LogP contribution in [-0.2, 0) is 24.1 Å². The van der Waals surface area contributed by atoms with Crippen molar-refractivity contribution >= 4 is 33.3 Å². The van der Waals surface area contributed by atoms with Gasteiger partial charge in [0.05, 0.1) is 18.5 Å². The first-order valence-corrected chi connectivity index (χ1v) is 8.38. The molecule has 4 nitrogen and oxygen atoms in total. The molecule has 2 aromatic rings. The first-order chi connectivity index (χ1) is 9.26. The summed E-state index contributed by atoms with van der Waals surface area (Å²) in [7, 11) is 1.65. The van der Waals surface area contributed by atoms with Crippen LogP contribution in [0.25, 0.3) is 10.2 Å². The van der Waals surface area contributed by atoms with E-state index < -0.39 is 0 Å². The Hall–Kier alpha value is -0.850. The van der Waals surface area contributed by atoms with Gasteiger partial charge in [-0.05, 0) is 31.1 Å². The average Bonchev–Trinajstić information content (AvgIpc) is 2.97. The van der Waals surface area contributed by atoms with E-state index in [4.69, 9.17) is 4.74 Å². The molecule has 0 saturated carbocycles. The van der Waals surface area contributed by atoms with Crippen LogP contribution in [0.5, 0.6) is 0 Å². The lowest BCUT2D eigenvalue weighted by Crippen LogP contribution is -2.25. The zero-order valence-corrected chi connectivity index (χ0v) is 12.7. The third kappa shape index (κ3) is 2.11. The number of aromatic nitrogens is 2. The van der Waals surface area contributed by atoms with Crippen LogP contribution in [-0.4, -0.2) is 29.5 Å². The van der Waals surface area contributed by atoms with Crippen molar-refractivity contribution in [2.75, 3.05) is 20.0 Å². The maximum Gasteiger partial charge on any atom is 0.263 e. The third-order valence-electron chi connectivity index (χ3n) is 3.49. The van der Waals surface area contributed by atoms with Crippen molar-refractivity contribution in [2.45, 2.75) is 31.0 Å². The van der Waals surface area contributed by atoms with E-state index in [2.05, 4.69) is 4.98 Å². The van der Waals surface area contributed by atoms with Gasteiger partial charge in [-0.15, -0.1) is 11.3 Å². The number of hydrogen-bond donors (Lipinski definition) is 0. The predicted octanol–water partition coefficient (Wildman–Crippen LogP) is 2.32. The van der Waals surface area contributed by atoms with Crippen molar-refractivity contribution in [2.24, 2.45) is 0 Å². The fourth-order valence-corrected chi connectivity index (χ4v) is 4.48. The van der Waals surface area contributed by atoms with Crippen molar-refractivity contribution in [3.8, 4) is 0 Å². The fraction of sp³-hybridized carbons (Fsp3) is 0.538. The highest BCUT2D eigenvalue weighted by atomic mass is 32.2. The van der Waals surface area contributed by atoms with Gasteiger partial charge < -0.3 is 4.74 Å². The lowest BCUT2D eigenvalue weighted by molar-refractivity contribution is 0.183. The van der Waals surface area contributed by atoms with Gasteiger partial charge in [-0.2, -0.15) is 0 Å². The summed E-state index contributed by atoms with van der Waals surface area (Å²) >= 11 is 3.21. The first kappa shape index (κ1) is 13.1. The molecule has 0 bridgehead atoms. The van der Waals surface area contributed by atoms with E-state index in [1.165, 1.54) is 28.6 Å². The predicted molar refractivity (Wildman–Crippen MR) is 79.6 cm³/mol. The molecule has 102 valence electrons.